The first-order chi connectivity index (χ1) is 10.0. The van der Waals surface area contributed by atoms with Crippen LogP contribution in [-0.4, -0.2) is 12.0 Å². The Balaban J connectivity index is 2.27. The number of hydrogen-bond donors (Lipinski definition) is 1. The highest BCUT2D eigenvalue weighted by atomic mass is 16.6. The number of non-ortho nitro benzene ring substituents is 1. The zero-order chi connectivity index (χ0) is 15.4. The first-order valence-corrected chi connectivity index (χ1v) is 6.67. The fourth-order valence-corrected chi connectivity index (χ4v) is 2.30. The molecule has 1 unspecified atom stereocenters. The van der Waals surface area contributed by atoms with E-state index >= 15 is 0 Å². The van der Waals surface area contributed by atoms with E-state index in [2.05, 4.69) is 24.4 Å². The molecular formula is C16H18N2O3. The van der Waals surface area contributed by atoms with Crippen molar-refractivity contribution < 1.29 is 9.66 Å². The zero-order valence-corrected chi connectivity index (χ0v) is 12.3. The summed E-state index contributed by atoms with van der Waals surface area (Å²) in [6.45, 7) is 4.10. The summed E-state index contributed by atoms with van der Waals surface area (Å²) < 4.78 is 5.24. The number of nitro groups is 1. The Morgan fingerprint density at radius 3 is 2.57 bits per heavy atom. The third kappa shape index (κ3) is 3.31. The number of anilines is 1. The molecule has 5 heteroatoms. The van der Waals surface area contributed by atoms with Crippen molar-refractivity contribution in [3.63, 3.8) is 0 Å². The average Bonchev–Trinajstić information content (AvgIpc) is 2.47. The molecule has 0 bridgehead atoms. The highest BCUT2D eigenvalue weighted by Crippen LogP contribution is 2.32. The number of hydrogen-bond acceptors (Lipinski definition) is 4. The number of nitrogens with zero attached hydrogens (tertiary/aromatic N) is 1. The summed E-state index contributed by atoms with van der Waals surface area (Å²) in [5, 5.41) is 14.1. The Hall–Kier alpha value is -2.56. The number of ether oxygens (including phenoxy) is 1. The van der Waals surface area contributed by atoms with Crippen molar-refractivity contribution in [3.05, 3.63) is 63.7 Å². The molecule has 0 radical (unpaired) electrons. The molecule has 0 saturated carbocycles. The van der Waals surface area contributed by atoms with Crippen molar-refractivity contribution in [1.82, 2.24) is 0 Å². The lowest BCUT2D eigenvalue weighted by Crippen LogP contribution is -2.09. The van der Waals surface area contributed by atoms with Crippen molar-refractivity contribution in [2.45, 2.75) is 19.9 Å². The van der Waals surface area contributed by atoms with Gasteiger partial charge in [-0.15, -0.1) is 0 Å². The average molecular weight is 286 g/mol. The van der Waals surface area contributed by atoms with E-state index in [9.17, 15) is 10.1 Å². The van der Waals surface area contributed by atoms with Crippen LogP contribution in [0.5, 0.6) is 5.75 Å². The van der Waals surface area contributed by atoms with E-state index in [0.29, 0.717) is 5.75 Å². The van der Waals surface area contributed by atoms with Crippen LogP contribution in [0.15, 0.2) is 42.5 Å². The van der Waals surface area contributed by atoms with Crippen LogP contribution in [0.3, 0.4) is 0 Å². The Morgan fingerprint density at radius 2 is 1.95 bits per heavy atom. The second kappa shape index (κ2) is 6.26. The Kier molecular flexibility index (Phi) is 4.42. The van der Waals surface area contributed by atoms with Gasteiger partial charge in [-0.2, -0.15) is 0 Å². The molecule has 0 saturated heterocycles. The summed E-state index contributed by atoms with van der Waals surface area (Å²) >= 11 is 0. The predicted molar refractivity (Wildman–Crippen MR) is 82.9 cm³/mol. The highest BCUT2D eigenvalue weighted by molar-refractivity contribution is 5.61. The molecule has 2 rings (SSSR count). The summed E-state index contributed by atoms with van der Waals surface area (Å²) in [7, 11) is 1.50. The minimum atomic E-state index is -0.433. The number of nitrogens with one attached hydrogen (secondary N) is 1. The lowest BCUT2D eigenvalue weighted by molar-refractivity contribution is -0.384. The van der Waals surface area contributed by atoms with E-state index in [4.69, 9.17) is 4.74 Å². The van der Waals surface area contributed by atoms with Gasteiger partial charge in [-0.25, -0.2) is 0 Å². The van der Waals surface area contributed by atoms with E-state index in [1.165, 1.54) is 30.4 Å². The Labute approximate surface area is 123 Å². The molecule has 21 heavy (non-hydrogen) atoms. The lowest BCUT2D eigenvalue weighted by Gasteiger charge is -2.19. The third-order valence-electron chi connectivity index (χ3n) is 3.42. The molecule has 0 spiro atoms. The number of rotatable bonds is 5. The standard InChI is InChI=1S/C16H18N2O3/c1-11-6-4-5-7-14(11)12(2)17-15-9-8-13(18(19)20)10-16(15)21-3/h4-10,12,17H,1-3H3. The second-order valence-electron chi connectivity index (χ2n) is 4.86. The van der Waals surface area contributed by atoms with Gasteiger partial charge in [-0.3, -0.25) is 10.1 Å². The van der Waals surface area contributed by atoms with Crippen molar-refractivity contribution in [2.24, 2.45) is 0 Å². The third-order valence-corrected chi connectivity index (χ3v) is 3.42. The van der Waals surface area contributed by atoms with Gasteiger partial charge in [0, 0.05) is 12.1 Å². The van der Waals surface area contributed by atoms with Crippen molar-refractivity contribution in [3.8, 4) is 5.75 Å². The van der Waals surface area contributed by atoms with Crippen LogP contribution in [0.4, 0.5) is 11.4 Å². The lowest BCUT2D eigenvalue weighted by atomic mass is 10.0. The van der Waals surface area contributed by atoms with Gasteiger partial charge >= 0.3 is 0 Å². The molecule has 2 aromatic carbocycles. The Morgan fingerprint density at radius 1 is 1.24 bits per heavy atom. The first kappa shape index (κ1) is 14.8. The van der Waals surface area contributed by atoms with Crippen LogP contribution in [-0.2, 0) is 0 Å². The predicted octanol–water partition coefficient (Wildman–Crippen LogP) is 4.08. The van der Waals surface area contributed by atoms with Crippen molar-refractivity contribution in [1.29, 1.82) is 0 Å². The normalized spacial score (nSPS) is 11.8. The SMILES string of the molecule is COc1cc([N+](=O)[O-])ccc1NC(C)c1ccccc1C. The van der Waals surface area contributed by atoms with Gasteiger partial charge < -0.3 is 10.1 Å². The summed E-state index contributed by atoms with van der Waals surface area (Å²) in [6, 6.07) is 12.7. The molecule has 0 fully saturated rings. The molecule has 2 aromatic rings. The topological polar surface area (TPSA) is 64.4 Å². The summed E-state index contributed by atoms with van der Waals surface area (Å²) in [6.07, 6.45) is 0. The minimum Gasteiger partial charge on any atom is -0.494 e. The largest absolute Gasteiger partial charge is 0.494 e. The first-order valence-electron chi connectivity index (χ1n) is 6.67. The second-order valence-corrected chi connectivity index (χ2v) is 4.86. The molecule has 0 aliphatic rings. The molecule has 0 aliphatic heterocycles. The quantitative estimate of drug-likeness (QED) is 0.664. The maximum absolute atomic E-state index is 10.8. The molecule has 0 aliphatic carbocycles. The highest BCUT2D eigenvalue weighted by Gasteiger charge is 2.14. The number of aryl methyl sites for hydroxylation is 1. The van der Waals surface area contributed by atoms with Gasteiger partial charge in [0.2, 0.25) is 0 Å². The molecule has 0 heterocycles. The molecule has 110 valence electrons. The molecule has 0 amide bonds. The number of nitro benzene ring substituents is 1. The van der Waals surface area contributed by atoms with E-state index < -0.39 is 4.92 Å². The van der Waals surface area contributed by atoms with Gasteiger partial charge in [0.15, 0.2) is 0 Å². The zero-order valence-electron chi connectivity index (χ0n) is 12.3. The number of methoxy groups -OCH3 is 1. The fraction of sp³-hybridized carbons (Fsp3) is 0.250. The van der Waals surface area contributed by atoms with Gasteiger partial charge in [-0.1, -0.05) is 24.3 Å². The molecule has 0 aromatic heterocycles. The van der Waals surface area contributed by atoms with Crippen LogP contribution >= 0.6 is 0 Å². The van der Waals surface area contributed by atoms with Gasteiger partial charge in [0.25, 0.3) is 5.69 Å². The van der Waals surface area contributed by atoms with E-state index in [1.807, 2.05) is 19.1 Å². The van der Waals surface area contributed by atoms with E-state index in [-0.39, 0.29) is 11.7 Å². The van der Waals surface area contributed by atoms with Crippen LogP contribution in [0.1, 0.15) is 24.1 Å². The van der Waals surface area contributed by atoms with Crippen molar-refractivity contribution >= 4 is 11.4 Å². The van der Waals surface area contributed by atoms with Crippen LogP contribution < -0.4 is 10.1 Å². The van der Waals surface area contributed by atoms with E-state index in [0.717, 1.165) is 5.69 Å². The molecule has 1 N–H and O–H groups in total. The van der Waals surface area contributed by atoms with Crippen LogP contribution in [0, 0.1) is 17.0 Å². The molecule has 5 nitrogen and oxygen atoms in total. The smallest absolute Gasteiger partial charge is 0.273 e. The molecular weight excluding hydrogens is 268 g/mol. The fourth-order valence-electron chi connectivity index (χ4n) is 2.30. The van der Waals surface area contributed by atoms with E-state index in [1.54, 1.807) is 6.07 Å². The summed E-state index contributed by atoms with van der Waals surface area (Å²) in [4.78, 5) is 10.4. The maximum Gasteiger partial charge on any atom is 0.273 e. The summed E-state index contributed by atoms with van der Waals surface area (Å²) in [5.41, 5.74) is 3.12. The van der Waals surface area contributed by atoms with Gasteiger partial charge in [0.05, 0.1) is 23.8 Å². The van der Waals surface area contributed by atoms with Crippen LogP contribution in [0.2, 0.25) is 0 Å². The van der Waals surface area contributed by atoms with Crippen molar-refractivity contribution in [2.75, 3.05) is 12.4 Å². The maximum atomic E-state index is 10.8. The van der Waals surface area contributed by atoms with Gasteiger partial charge in [0.1, 0.15) is 5.75 Å². The van der Waals surface area contributed by atoms with Crippen LogP contribution in [0.25, 0.3) is 0 Å². The Bertz CT molecular complexity index is 656. The molecule has 1 atom stereocenters. The monoisotopic (exact) mass is 286 g/mol. The minimum absolute atomic E-state index is 0.0148. The van der Waals surface area contributed by atoms with Gasteiger partial charge in [-0.05, 0) is 31.0 Å². The summed E-state index contributed by atoms with van der Waals surface area (Å²) in [5.74, 6) is 0.463. The number of benzene rings is 2.